The summed E-state index contributed by atoms with van der Waals surface area (Å²) in [4.78, 5) is 14.9. The molecule has 402 valence electrons. The number of esters is 1. The Balaban J connectivity index is 0.868. The Morgan fingerprint density at radius 2 is 1.07 bits per heavy atom. The van der Waals surface area contributed by atoms with Gasteiger partial charge in [0.2, 0.25) is 0 Å². The van der Waals surface area contributed by atoms with E-state index in [1.165, 1.54) is 5.57 Å². The molecular formula is C60H75N9O7. The summed E-state index contributed by atoms with van der Waals surface area (Å²) in [5, 5.41) is 26.9. The molecule has 4 saturated carbocycles. The van der Waals surface area contributed by atoms with Crippen LogP contribution in [0.15, 0.2) is 103 Å². The number of carbonyl (C=O) groups is 1. The smallest absolute Gasteiger partial charge is 0.313 e. The van der Waals surface area contributed by atoms with E-state index in [1.807, 2.05) is 91.4 Å². The third-order valence-corrected chi connectivity index (χ3v) is 19.8. The maximum atomic E-state index is 14.9. The monoisotopic (exact) mass is 1030 g/mol. The van der Waals surface area contributed by atoms with Crippen LogP contribution in [0.3, 0.4) is 0 Å². The number of allylic oxidation sites excluding steroid dienone is 2. The molecule has 5 aliphatic rings. The number of rotatable bonds is 15. The molecule has 0 radical (unpaired) electrons. The second-order valence-electron chi connectivity index (χ2n) is 24.6. The minimum atomic E-state index is -0.595. The van der Waals surface area contributed by atoms with Crippen LogP contribution in [0.1, 0.15) is 123 Å². The van der Waals surface area contributed by atoms with Gasteiger partial charge in [0.05, 0.1) is 87.8 Å². The molecule has 9 atom stereocenters. The molecule has 3 unspecified atom stereocenters. The average molecular weight is 1030 g/mol. The molecule has 16 nitrogen and oxygen atoms in total. The molecule has 0 spiro atoms. The van der Waals surface area contributed by atoms with Crippen molar-refractivity contribution in [2.24, 2.45) is 50.2 Å². The topological polar surface area (TPSA) is 165 Å². The van der Waals surface area contributed by atoms with Gasteiger partial charge in [0, 0.05) is 0 Å². The number of benzene rings is 3. The van der Waals surface area contributed by atoms with Gasteiger partial charge >= 0.3 is 5.97 Å². The predicted octanol–water partition coefficient (Wildman–Crippen LogP) is 11.1. The number of carbonyl (C=O) groups excluding carboxylic acids is 1. The molecule has 0 saturated heterocycles. The van der Waals surface area contributed by atoms with Gasteiger partial charge in [-0.15, -0.1) is 15.3 Å². The number of hydrogen-bond donors (Lipinski definition) is 0. The predicted molar refractivity (Wildman–Crippen MR) is 285 cm³/mol. The van der Waals surface area contributed by atoms with Crippen LogP contribution in [0.4, 0.5) is 0 Å². The third-order valence-electron chi connectivity index (χ3n) is 19.8. The standard InChI is InChI=1S/C60H75N9O7/c1-55(2)27-29-60(54(70)76-38-41-35-69(66-63-41)44-15-21-47(73-10)22-16-44)30-28-58(6)48(49(60)31-55)23-24-52-57(5)32-50(74-36-39-33-67(64-61-39)42-11-17-45(71-8)18-12-42)53(56(3,4)51(57)25-26-59(52,58)7)75-37-40-34-68(65-62-40)43-13-19-46(72-9)20-14-43/h11-23,33-35,49-53H,24-32,36-38H2,1-10H3/t49?,50-,51?,52?,53+,57+,58-,59-,60+/m1/s1. The number of hydrogen-bond acceptors (Lipinski definition) is 13. The molecule has 3 heterocycles. The summed E-state index contributed by atoms with van der Waals surface area (Å²) >= 11 is 0. The first-order valence-corrected chi connectivity index (χ1v) is 27.2. The molecule has 3 aromatic carbocycles. The van der Waals surface area contributed by atoms with Crippen LogP contribution in [0, 0.1) is 50.2 Å². The van der Waals surface area contributed by atoms with Gasteiger partial charge in [-0.2, -0.15) is 0 Å². The second-order valence-corrected chi connectivity index (χ2v) is 24.6. The largest absolute Gasteiger partial charge is 0.497 e. The van der Waals surface area contributed by atoms with Crippen LogP contribution >= 0.6 is 0 Å². The van der Waals surface area contributed by atoms with Crippen molar-refractivity contribution in [1.82, 2.24) is 45.0 Å². The zero-order valence-corrected chi connectivity index (χ0v) is 46.0. The number of aromatic nitrogens is 9. The number of methoxy groups -OCH3 is 3. The zero-order valence-electron chi connectivity index (χ0n) is 46.0. The summed E-state index contributed by atoms with van der Waals surface area (Å²) in [6.45, 7) is 18.0. The van der Waals surface area contributed by atoms with Gasteiger partial charge in [0.15, 0.2) is 0 Å². The molecule has 11 rings (SSSR count). The Labute approximate surface area is 446 Å². The Kier molecular flexibility index (Phi) is 13.3. The fraction of sp³-hybridized carbons (Fsp3) is 0.550. The Hall–Kier alpha value is -6.39. The van der Waals surface area contributed by atoms with Crippen molar-refractivity contribution < 1.29 is 33.2 Å². The maximum Gasteiger partial charge on any atom is 0.313 e. The molecule has 0 bridgehead atoms. The second kappa shape index (κ2) is 19.6. The highest BCUT2D eigenvalue weighted by atomic mass is 16.5. The number of fused-ring (bicyclic) bond motifs is 7. The molecule has 5 aliphatic carbocycles. The van der Waals surface area contributed by atoms with Crippen LogP contribution in [0.25, 0.3) is 17.1 Å². The fourth-order valence-corrected chi connectivity index (χ4v) is 15.5. The van der Waals surface area contributed by atoms with Gasteiger partial charge in [-0.05, 0) is 175 Å². The van der Waals surface area contributed by atoms with Gasteiger partial charge < -0.3 is 28.4 Å². The maximum absolute atomic E-state index is 14.9. The van der Waals surface area contributed by atoms with Gasteiger partial charge in [-0.1, -0.05) is 75.8 Å². The Morgan fingerprint density at radius 3 is 1.58 bits per heavy atom. The molecule has 4 fully saturated rings. The first-order chi connectivity index (χ1) is 36.4. The van der Waals surface area contributed by atoms with E-state index in [9.17, 15) is 4.79 Å². The van der Waals surface area contributed by atoms with Crippen LogP contribution in [0.5, 0.6) is 17.2 Å². The lowest BCUT2D eigenvalue weighted by molar-refractivity contribution is -0.254. The lowest BCUT2D eigenvalue weighted by atomic mass is 9.33. The SMILES string of the molecule is COc1ccc(-n2cc(COC(=O)[C@]34CCC(C)(C)CC3C3=CCC5[C@@]6(C)C[C@@H](OCc7cn(-c8ccc(OC)cc8)nn7)[C@H](OCc7cn(-c8ccc(OC)cc8)nn7)C(C)(C)C6CC[C@@]5(C)[C@]3(C)CC4)nn2)cc1. The third kappa shape index (κ3) is 8.90. The molecule has 6 aromatic rings. The number of ether oxygens (including phenoxy) is 6. The molecule has 0 N–H and O–H groups in total. The van der Waals surface area contributed by atoms with Crippen LogP contribution in [-0.4, -0.2) is 84.5 Å². The fourth-order valence-electron chi connectivity index (χ4n) is 15.5. The summed E-state index contributed by atoms with van der Waals surface area (Å²) in [5.74, 6) is 3.04. The zero-order chi connectivity index (χ0) is 53.3. The molecule has 0 aliphatic heterocycles. The normalized spacial score (nSPS) is 30.2. The van der Waals surface area contributed by atoms with E-state index < -0.39 is 5.41 Å². The summed E-state index contributed by atoms with van der Waals surface area (Å²) in [6, 6.07) is 23.2. The quantitative estimate of drug-likeness (QED) is 0.0705. The first kappa shape index (κ1) is 51.7. The van der Waals surface area contributed by atoms with Crippen molar-refractivity contribution in [3.8, 4) is 34.3 Å². The van der Waals surface area contributed by atoms with Crippen molar-refractivity contribution in [2.45, 2.75) is 138 Å². The highest BCUT2D eigenvalue weighted by Crippen LogP contribution is 2.76. The van der Waals surface area contributed by atoms with Crippen molar-refractivity contribution in [1.29, 1.82) is 0 Å². The van der Waals surface area contributed by atoms with Crippen molar-refractivity contribution in [3.05, 3.63) is 120 Å². The average Bonchev–Trinajstić information content (AvgIpc) is 4.32. The molecular weight excluding hydrogens is 959 g/mol. The number of nitrogens with zero attached hydrogens (tertiary/aromatic N) is 9. The summed E-state index contributed by atoms with van der Waals surface area (Å²) in [7, 11) is 4.97. The van der Waals surface area contributed by atoms with Crippen LogP contribution in [0.2, 0.25) is 0 Å². The van der Waals surface area contributed by atoms with E-state index in [2.05, 4.69) is 85.5 Å². The van der Waals surface area contributed by atoms with E-state index in [1.54, 1.807) is 35.4 Å². The van der Waals surface area contributed by atoms with Crippen molar-refractivity contribution in [2.75, 3.05) is 21.3 Å². The minimum Gasteiger partial charge on any atom is -0.497 e. The van der Waals surface area contributed by atoms with E-state index >= 15 is 0 Å². The summed E-state index contributed by atoms with van der Waals surface area (Å²) in [6.07, 6.45) is 16.3. The van der Waals surface area contributed by atoms with Gasteiger partial charge in [-0.25, -0.2) is 14.0 Å². The molecule has 3 aromatic heterocycles. The molecule has 0 amide bonds. The van der Waals surface area contributed by atoms with E-state index in [4.69, 9.17) is 28.4 Å². The van der Waals surface area contributed by atoms with E-state index in [-0.39, 0.29) is 71.0 Å². The van der Waals surface area contributed by atoms with E-state index in [0.717, 1.165) is 103 Å². The van der Waals surface area contributed by atoms with Crippen LogP contribution in [-0.2, 0) is 38.8 Å². The van der Waals surface area contributed by atoms with E-state index in [0.29, 0.717) is 17.5 Å². The van der Waals surface area contributed by atoms with Crippen LogP contribution < -0.4 is 14.2 Å². The summed E-state index contributed by atoms with van der Waals surface area (Å²) in [5.41, 5.74) is 5.19. The van der Waals surface area contributed by atoms with Gasteiger partial charge in [0.25, 0.3) is 0 Å². The highest BCUT2D eigenvalue weighted by Gasteiger charge is 2.70. The van der Waals surface area contributed by atoms with Crippen molar-refractivity contribution in [3.63, 3.8) is 0 Å². The first-order valence-electron chi connectivity index (χ1n) is 27.2. The van der Waals surface area contributed by atoms with Gasteiger partial charge in [0.1, 0.15) is 40.9 Å². The Bertz CT molecular complexity index is 3070. The van der Waals surface area contributed by atoms with Crippen molar-refractivity contribution >= 4 is 5.97 Å². The summed E-state index contributed by atoms with van der Waals surface area (Å²) < 4.78 is 42.1. The molecule has 16 heteroatoms. The molecule has 76 heavy (non-hydrogen) atoms. The lowest BCUT2D eigenvalue weighted by Gasteiger charge is -2.71. The highest BCUT2D eigenvalue weighted by molar-refractivity contribution is 5.79. The van der Waals surface area contributed by atoms with Gasteiger partial charge in [-0.3, -0.25) is 4.79 Å². The Morgan fingerprint density at radius 1 is 0.579 bits per heavy atom. The lowest BCUT2D eigenvalue weighted by Crippen LogP contribution is -2.67. The minimum absolute atomic E-state index is 0.0325.